The van der Waals surface area contributed by atoms with Crippen molar-refractivity contribution in [3.8, 4) is 0 Å². The Kier molecular flexibility index (Phi) is 5.41. The smallest absolute Gasteiger partial charge is 0.354 e. The van der Waals surface area contributed by atoms with Gasteiger partial charge in [0.15, 0.2) is 0 Å². The van der Waals surface area contributed by atoms with Gasteiger partial charge in [-0.2, -0.15) is 0 Å². The molecule has 0 unspecified atom stereocenters. The monoisotopic (exact) mass is 270 g/mol. The first-order valence-electron chi connectivity index (χ1n) is 5.45. The number of ether oxygens (including phenoxy) is 1. The minimum atomic E-state index is -0.665. The highest BCUT2D eigenvalue weighted by Crippen LogP contribution is 2.27. The van der Waals surface area contributed by atoms with Crippen LogP contribution in [0.1, 0.15) is 13.3 Å². The Labute approximate surface area is 108 Å². The Bertz CT molecular complexity index is 466. The van der Waals surface area contributed by atoms with Gasteiger partial charge in [0.1, 0.15) is 6.33 Å². The quantitative estimate of drug-likeness (QED) is 0.270. The number of esters is 1. The van der Waals surface area contributed by atoms with Crippen LogP contribution in [-0.2, 0) is 9.53 Å². The molecule has 104 valence electrons. The van der Waals surface area contributed by atoms with E-state index < -0.39 is 10.9 Å². The molecule has 0 spiro atoms. The number of nitrogens with zero attached hydrogens (tertiary/aromatic N) is 3. The van der Waals surface area contributed by atoms with Crippen molar-refractivity contribution in [3.05, 3.63) is 16.4 Å². The number of nitrogens with one attached hydrogen (secondary N) is 2. The fourth-order valence-corrected chi connectivity index (χ4v) is 1.30. The van der Waals surface area contributed by atoms with Crippen LogP contribution in [0.4, 0.5) is 17.3 Å². The molecule has 19 heavy (non-hydrogen) atoms. The second-order valence-electron chi connectivity index (χ2n) is 3.30. The predicted molar refractivity (Wildman–Crippen MR) is 66.2 cm³/mol. The zero-order valence-corrected chi connectivity index (χ0v) is 10.3. The highest BCUT2D eigenvalue weighted by molar-refractivity contribution is 5.71. The van der Waals surface area contributed by atoms with Gasteiger partial charge in [-0.25, -0.2) is 15.8 Å². The van der Waals surface area contributed by atoms with E-state index in [2.05, 4.69) is 20.7 Å². The topological polar surface area (TPSA) is 145 Å². The Hall–Kier alpha value is -2.49. The number of nitrogen functional groups attached to an aromatic ring is 1. The van der Waals surface area contributed by atoms with Gasteiger partial charge in [0.05, 0.1) is 18.0 Å². The summed E-state index contributed by atoms with van der Waals surface area (Å²) in [5.41, 5.74) is 1.73. The molecular weight excluding hydrogens is 256 g/mol. The van der Waals surface area contributed by atoms with E-state index in [1.807, 2.05) is 0 Å². The molecule has 0 bridgehead atoms. The van der Waals surface area contributed by atoms with E-state index >= 15 is 0 Å². The van der Waals surface area contributed by atoms with E-state index in [0.717, 1.165) is 6.33 Å². The van der Waals surface area contributed by atoms with E-state index in [1.165, 1.54) is 0 Å². The summed E-state index contributed by atoms with van der Waals surface area (Å²) in [5.74, 6) is 4.60. The number of nitro groups is 1. The first-order valence-corrected chi connectivity index (χ1v) is 5.45. The van der Waals surface area contributed by atoms with Crippen molar-refractivity contribution < 1.29 is 14.5 Å². The van der Waals surface area contributed by atoms with Crippen LogP contribution in [0, 0.1) is 10.1 Å². The van der Waals surface area contributed by atoms with Crippen LogP contribution in [0.25, 0.3) is 0 Å². The molecular formula is C9H14N6O4. The lowest BCUT2D eigenvalue weighted by atomic mass is 10.4. The molecule has 0 aliphatic heterocycles. The van der Waals surface area contributed by atoms with Crippen LogP contribution in [0.15, 0.2) is 6.33 Å². The van der Waals surface area contributed by atoms with Crippen molar-refractivity contribution in [3.63, 3.8) is 0 Å². The Morgan fingerprint density at radius 1 is 1.53 bits per heavy atom. The molecule has 1 rings (SSSR count). The SMILES string of the molecule is CCOC(=O)CCNc1ncnc(NN)c1[N+](=O)[O-]. The van der Waals surface area contributed by atoms with Crippen LogP contribution >= 0.6 is 0 Å². The number of hydrogen-bond donors (Lipinski definition) is 3. The van der Waals surface area contributed by atoms with Gasteiger partial charge < -0.3 is 15.5 Å². The molecule has 0 aliphatic rings. The fourth-order valence-electron chi connectivity index (χ4n) is 1.30. The molecule has 1 aromatic heterocycles. The molecule has 0 aliphatic carbocycles. The van der Waals surface area contributed by atoms with Crippen molar-refractivity contribution in [2.24, 2.45) is 5.84 Å². The average Bonchev–Trinajstić information content (AvgIpc) is 2.38. The van der Waals surface area contributed by atoms with E-state index in [1.54, 1.807) is 6.92 Å². The Morgan fingerprint density at radius 3 is 2.79 bits per heavy atom. The molecule has 0 atom stereocenters. The highest BCUT2D eigenvalue weighted by Gasteiger charge is 2.22. The van der Waals surface area contributed by atoms with Crippen molar-refractivity contribution in [2.75, 3.05) is 23.9 Å². The summed E-state index contributed by atoms with van der Waals surface area (Å²) in [5, 5.41) is 13.6. The number of hydrazine groups is 1. The summed E-state index contributed by atoms with van der Waals surface area (Å²) in [6.07, 6.45) is 1.19. The predicted octanol–water partition coefficient (Wildman–Crippen LogP) is 0.0355. The summed E-state index contributed by atoms with van der Waals surface area (Å²) in [6, 6.07) is 0. The second kappa shape index (κ2) is 7.06. The molecule has 4 N–H and O–H groups in total. The van der Waals surface area contributed by atoms with Crippen molar-refractivity contribution in [2.45, 2.75) is 13.3 Å². The minimum absolute atomic E-state index is 0.0164. The van der Waals surface area contributed by atoms with Crippen molar-refractivity contribution in [1.82, 2.24) is 9.97 Å². The van der Waals surface area contributed by atoms with Crippen LogP contribution in [0.3, 0.4) is 0 Å². The van der Waals surface area contributed by atoms with Gasteiger partial charge in [0.25, 0.3) is 0 Å². The molecule has 0 aromatic carbocycles. The van der Waals surface area contributed by atoms with Gasteiger partial charge in [0, 0.05) is 6.54 Å². The Morgan fingerprint density at radius 2 is 2.21 bits per heavy atom. The van der Waals surface area contributed by atoms with Crippen LogP contribution in [-0.4, -0.2) is 34.0 Å². The van der Waals surface area contributed by atoms with E-state index in [4.69, 9.17) is 10.6 Å². The molecule has 0 amide bonds. The zero-order valence-electron chi connectivity index (χ0n) is 10.3. The van der Waals surface area contributed by atoms with Gasteiger partial charge in [0.2, 0.25) is 11.6 Å². The molecule has 1 aromatic rings. The molecule has 0 radical (unpaired) electrons. The lowest BCUT2D eigenvalue weighted by molar-refractivity contribution is -0.383. The van der Waals surface area contributed by atoms with Crippen molar-refractivity contribution in [1.29, 1.82) is 0 Å². The summed E-state index contributed by atoms with van der Waals surface area (Å²) >= 11 is 0. The van der Waals surface area contributed by atoms with E-state index in [0.29, 0.717) is 0 Å². The standard InChI is InChI=1S/C9H14N6O4/c1-2-19-6(16)3-4-11-8-7(15(17)18)9(14-10)13-5-12-8/h5H,2-4,10H2,1H3,(H2,11,12,13,14). The number of carbonyl (C=O) groups is 1. The van der Waals surface area contributed by atoms with Crippen LogP contribution in [0.2, 0.25) is 0 Å². The summed E-state index contributed by atoms with van der Waals surface area (Å²) in [6.45, 7) is 2.13. The van der Waals surface area contributed by atoms with E-state index in [9.17, 15) is 14.9 Å². The first-order chi connectivity index (χ1) is 9.10. The molecule has 0 saturated carbocycles. The molecule has 10 nitrogen and oxygen atoms in total. The van der Waals surface area contributed by atoms with Gasteiger partial charge in [-0.3, -0.25) is 14.9 Å². The fraction of sp³-hybridized carbons (Fsp3) is 0.444. The van der Waals surface area contributed by atoms with Crippen LogP contribution < -0.4 is 16.6 Å². The number of anilines is 2. The van der Waals surface area contributed by atoms with Gasteiger partial charge in [-0.15, -0.1) is 0 Å². The maximum atomic E-state index is 11.1. The third-order valence-corrected chi connectivity index (χ3v) is 2.07. The Balaban J connectivity index is 2.73. The summed E-state index contributed by atoms with van der Waals surface area (Å²) < 4.78 is 4.72. The average molecular weight is 270 g/mol. The molecule has 10 heteroatoms. The van der Waals surface area contributed by atoms with Gasteiger partial charge in [-0.1, -0.05) is 0 Å². The number of carbonyl (C=O) groups excluding carboxylic acids is 1. The molecule has 1 heterocycles. The lowest BCUT2D eigenvalue weighted by Gasteiger charge is -2.07. The molecule has 0 saturated heterocycles. The first kappa shape index (κ1) is 14.6. The van der Waals surface area contributed by atoms with Crippen LogP contribution in [0.5, 0.6) is 0 Å². The largest absolute Gasteiger partial charge is 0.466 e. The minimum Gasteiger partial charge on any atom is -0.466 e. The van der Waals surface area contributed by atoms with Crippen molar-refractivity contribution >= 4 is 23.3 Å². The summed E-state index contributed by atoms with van der Waals surface area (Å²) in [4.78, 5) is 28.7. The lowest BCUT2D eigenvalue weighted by Crippen LogP contribution is -2.16. The third kappa shape index (κ3) is 4.03. The maximum absolute atomic E-state index is 11.1. The highest BCUT2D eigenvalue weighted by atomic mass is 16.6. The number of nitrogens with two attached hydrogens (primary N) is 1. The number of rotatable bonds is 7. The third-order valence-electron chi connectivity index (χ3n) is 2.07. The maximum Gasteiger partial charge on any atom is 0.354 e. The van der Waals surface area contributed by atoms with Gasteiger partial charge >= 0.3 is 11.7 Å². The number of aromatic nitrogens is 2. The number of hydrogen-bond acceptors (Lipinski definition) is 9. The van der Waals surface area contributed by atoms with E-state index in [-0.39, 0.29) is 36.9 Å². The van der Waals surface area contributed by atoms with Gasteiger partial charge in [-0.05, 0) is 6.92 Å². The normalized spacial score (nSPS) is 9.79. The molecule has 0 fully saturated rings. The second-order valence-corrected chi connectivity index (χ2v) is 3.30. The summed E-state index contributed by atoms with van der Waals surface area (Å²) in [7, 11) is 0. The zero-order chi connectivity index (χ0) is 14.3.